The van der Waals surface area contributed by atoms with Crippen molar-refractivity contribution >= 4 is 20.4 Å². The fraction of sp³-hybridized carbons (Fsp3) is 1.00. The molecule has 0 aliphatic heterocycles. The second kappa shape index (κ2) is 3.86. The average molecular weight is 410 g/mol. The van der Waals surface area contributed by atoms with E-state index in [0.717, 1.165) is 0 Å². The summed E-state index contributed by atoms with van der Waals surface area (Å²) < 4.78 is 188. The molecule has 0 aromatic rings. The van der Waals surface area contributed by atoms with Crippen LogP contribution in [0.3, 0.4) is 0 Å². The van der Waals surface area contributed by atoms with Crippen molar-refractivity contribution in [2.75, 3.05) is 0 Å². The molecule has 0 amide bonds. The molecule has 0 N–H and O–H groups in total. The summed E-state index contributed by atoms with van der Waals surface area (Å²) in [6.07, 6.45) is 0. The molecule has 0 atom stereocenters. The summed E-state index contributed by atoms with van der Waals surface area (Å²) in [6.45, 7) is 0. The zero-order chi connectivity index (χ0) is 18.9. The summed E-state index contributed by atoms with van der Waals surface area (Å²) in [4.78, 5) is 0. The first-order chi connectivity index (χ1) is 8.75. The first-order valence-corrected chi connectivity index (χ1v) is 7.26. The SMILES string of the molecule is O=S(=O)(F)C(F)(F)C(F)(F)C(F)(F)C(F)(F)S(F)(F)(F)(F)F. The quantitative estimate of drug-likeness (QED) is 0.470. The van der Waals surface area contributed by atoms with Gasteiger partial charge in [-0.25, -0.2) is 0 Å². The Labute approximate surface area is 111 Å². The first-order valence-electron chi connectivity index (χ1n) is 3.93. The molecule has 0 aromatic heterocycles. The molecule has 0 bridgehead atoms. The highest BCUT2D eigenvalue weighted by Gasteiger charge is 2.99. The van der Waals surface area contributed by atoms with E-state index in [-0.39, 0.29) is 0 Å². The summed E-state index contributed by atoms with van der Waals surface area (Å²) >= 11 is 0. The van der Waals surface area contributed by atoms with Gasteiger partial charge in [0.15, 0.2) is 0 Å². The minimum Gasteiger partial charge on any atom is -0.191 e. The van der Waals surface area contributed by atoms with Crippen molar-refractivity contribution in [2.45, 2.75) is 22.4 Å². The molecule has 0 saturated carbocycles. The van der Waals surface area contributed by atoms with Crippen LogP contribution in [0.25, 0.3) is 0 Å². The van der Waals surface area contributed by atoms with Gasteiger partial charge in [-0.3, -0.25) is 0 Å². The van der Waals surface area contributed by atoms with Crippen LogP contribution in [0.15, 0.2) is 0 Å². The van der Waals surface area contributed by atoms with Crippen LogP contribution in [0.5, 0.6) is 0 Å². The smallest absolute Gasteiger partial charge is 0.191 e. The molecule has 0 aromatic carbocycles. The maximum atomic E-state index is 12.4. The fourth-order valence-corrected chi connectivity index (χ4v) is 1.81. The van der Waals surface area contributed by atoms with E-state index < -0.39 is 42.8 Å². The minimum absolute atomic E-state index is 7.87. The van der Waals surface area contributed by atoms with Crippen LogP contribution in [0.4, 0.5) is 58.4 Å². The van der Waals surface area contributed by atoms with Gasteiger partial charge in [-0.1, -0.05) is 23.3 Å². The Hall–Kier alpha value is -0.680. The van der Waals surface area contributed by atoms with Crippen molar-refractivity contribution in [3.8, 4) is 0 Å². The number of alkyl halides is 8. The molecule has 0 unspecified atom stereocenters. The van der Waals surface area contributed by atoms with Crippen molar-refractivity contribution in [3.05, 3.63) is 0 Å². The van der Waals surface area contributed by atoms with Crippen LogP contribution in [-0.4, -0.2) is 30.8 Å². The van der Waals surface area contributed by atoms with E-state index in [1.165, 1.54) is 0 Å². The molecule has 0 fully saturated rings. The van der Waals surface area contributed by atoms with E-state index in [4.69, 9.17) is 0 Å². The van der Waals surface area contributed by atoms with Gasteiger partial charge in [-0.15, -0.1) is 0 Å². The molecule has 0 heterocycles. The van der Waals surface area contributed by atoms with Gasteiger partial charge in [0.25, 0.3) is 0 Å². The lowest BCUT2D eigenvalue weighted by Crippen LogP contribution is -2.66. The summed E-state index contributed by atoms with van der Waals surface area (Å²) in [7, 11) is -21.1. The minimum atomic E-state index is -12.9. The summed E-state index contributed by atoms with van der Waals surface area (Å²) in [5.74, 6) is -17.1. The largest absolute Gasteiger partial charge is 0.450 e. The highest BCUT2D eigenvalue weighted by Crippen LogP contribution is 3.06. The zero-order valence-electron chi connectivity index (χ0n) is 8.92. The van der Waals surface area contributed by atoms with E-state index in [9.17, 15) is 66.9 Å². The van der Waals surface area contributed by atoms with E-state index in [1.54, 1.807) is 0 Å². The lowest BCUT2D eigenvalue weighted by atomic mass is 10.2. The van der Waals surface area contributed by atoms with Crippen molar-refractivity contribution < 1.29 is 66.9 Å². The third kappa shape index (κ3) is 2.56. The lowest BCUT2D eigenvalue weighted by molar-refractivity contribution is -0.331. The maximum absolute atomic E-state index is 12.9. The van der Waals surface area contributed by atoms with Gasteiger partial charge in [-0.05, 0) is 0 Å². The van der Waals surface area contributed by atoms with Gasteiger partial charge in [0.05, 0.1) is 0 Å². The van der Waals surface area contributed by atoms with Crippen molar-refractivity contribution in [1.29, 1.82) is 0 Å². The topological polar surface area (TPSA) is 34.1 Å². The molecule has 0 spiro atoms. The molecule has 0 rings (SSSR count). The first kappa shape index (κ1) is 21.3. The summed E-state index contributed by atoms with van der Waals surface area (Å²) in [5, 5.41) is -17.0. The van der Waals surface area contributed by atoms with Gasteiger partial charge >= 0.3 is 42.8 Å². The molecule has 2 nitrogen and oxygen atoms in total. The van der Waals surface area contributed by atoms with E-state index >= 15 is 0 Å². The van der Waals surface area contributed by atoms with E-state index in [0.29, 0.717) is 0 Å². The summed E-state index contributed by atoms with van der Waals surface area (Å²) in [5.41, 5.74) is 0. The Morgan fingerprint density at radius 2 is 0.909 bits per heavy atom. The highest BCUT2D eigenvalue weighted by atomic mass is 32.5. The highest BCUT2D eigenvalue weighted by molar-refractivity contribution is 8.46. The second-order valence-corrected chi connectivity index (χ2v) is 7.43. The van der Waals surface area contributed by atoms with Crippen LogP contribution in [-0.2, 0) is 10.2 Å². The predicted octanol–water partition coefficient (Wildman–Crippen LogP) is 5.04. The van der Waals surface area contributed by atoms with Crippen LogP contribution in [0.1, 0.15) is 0 Å². The molecule has 0 aliphatic carbocycles. The van der Waals surface area contributed by atoms with Crippen molar-refractivity contribution in [2.24, 2.45) is 0 Å². The van der Waals surface area contributed by atoms with E-state index in [1.807, 2.05) is 0 Å². The standard InChI is InChI=1S/C4F14O2S2/c5-1(6,3(9,10)21(13,19)20)2(7,8)4(11,12)22(14,15,16,17)18. The molecule has 0 aliphatic rings. The molecular weight excluding hydrogens is 410 g/mol. The summed E-state index contributed by atoms with van der Waals surface area (Å²) in [6, 6.07) is 0. The normalized spacial score (nSPS) is 19.5. The Kier molecular flexibility index (Phi) is 3.74. The van der Waals surface area contributed by atoms with Gasteiger partial charge in [0, 0.05) is 0 Å². The molecule has 138 valence electrons. The Bertz CT molecular complexity index is 568. The Morgan fingerprint density at radius 1 is 0.636 bits per heavy atom. The number of hydrogen-bond donors (Lipinski definition) is 0. The lowest BCUT2D eigenvalue weighted by Gasteiger charge is -2.49. The molecule has 0 radical (unpaired) electrons. The third-order valence-electron chi connectivity index (χ3n) is 1.92. The number of hydrogen-bond acceptors (Lipinski definition) is 2. The number of rotatable bonds is 5. The Balaban J connectivity index is 6.64. The van der Waals surface area contributed by atoms with Gasteiger partial charge < -0.3 is 0 Å². The molecular formula is C4F14O2S2. The fourth-order valence-electron chi connectivity index (χ4n) is 0.761. The van der Waals surface area contributed by atoms with Gasteiger partial charge in [0.2, 0.25) is 0 Å². The predicted molar refractivity (Wildman–Crippen MR) is 42.9 cm³/mol. The van der Waals surface area contributed by atoms with Crippen LogP contribution >= 0.6 is 10.2 Å². The monoisotopic (exact) mass is 410 g/mol. The van der Waals surface area contributed by atoms with Crippen molar-refractivity contribution in [1.82, 2.24) is 0 Å². The zero-order valence-corrected chi connectivity index (χ0v) is 10.6. The molecule has 18 heteroatoms. The second-order valence-electron chi connectivity index (χ2n) is 3.59. The average Bonchev–Trinajstić information content (AvgIpc) is 2.10. The van der Waals surface area contributed by atoms with Gasteiger partial charge in [0.1, 0.15) is 0 Å². The van der Waals surface area contributed by atoms with Crippen molar-refractivity contribution in [3.63, 3.8) is 0 Å². The number of halogens is 14. The Morgan fingerprint density at radius 3 is 1.09 bits per heavy atom. The molecule has 0 saturated heterocycles. The van der Waals surface area contributed by atoms with Crippen LogP contribution in [0, 0.1) is 0 Å². The van der Waals surface area contributed by atoms with Crippen LogP contribution in [0.2, 0.25) is 0 Å². The third-order valence-corrected chi connectivity index (χ3v) is 4.01. The van der Waals surface area contributed by atoms with Gasteiger partial charge in [-0.2, -0.15) is 43.5 Å². The van der Waals surface area contributed by atoms with Crippen LogP contribution < -0.4 is 0 Å². The maximum Gasteiger partial charge on any atom is 0.450 e. The van der Waals surface area contributed by atoms with E-state index in [2.05, 4.69) is 0 Å². The molecule has 22 heavy (non-hydrogen) atoms.